The lowest BCUT2D eigenvalue weighted by Crippen LogP contribution is -2.14. The molecule has 3 aromatic rings. The Bertz CT molecular complexity index is 969. The molecule has 0 aliphatic rings. The second-order valence-corrected chi connectivity index (χ2v) is 5.73. The molecule has 0 bridgehead atoms. The molecule has 26 heavy (non-hydrogen) atoms. The third-order valence-corrected chi connectivity index (χ3v) is 3.96. The first-order chi connectivity index (χ1) is 12.5. The summed E-state index contributed by atoms with van der Waals surface area (Å²) in [5.74, 6) is -0.939. The first-order valence-electron chi connectivity index (χ1n) is 7.47. The molecule has 0 fully saturated rings. The van der Waals surface area contributed by atoms with Gasteiger partial charge >= 0.3 is 0 Å². The number of anilines is 1. The number of nitrogens with one attached hydrogen (secondary N) is 1. The van der Waals surface area contributed by atoms with Gasteiger partial charge in [0.05, 0.1) is 11.5 Å². The number of amides is 1. The summed E-state index contributed by atoms with van der Waals surface area (Å²) in [7, 11) is 0. The molecule has 3 rings (SSSR count). The highest BCUT2D eigenvalue weighted by Crippen LogP contribution is 2.21. The minimum atomic E-state index is -0.661. The van der Waals surface area contributed by atoms with E-state index in [4.69, 9.17) is 11.6 Å². The van der Waals surface area contributed by atoms with Crippen LogP contribution in [0.1, 0.15) is 15.9 Å². The van der Waals surface area contributed by atoms with Crippen LogP contribution < -0.4 is 5.32 Å². The molecule has 0 spiro atoms. The van der Waals surface area contributed by atoms with E-state index in [0.29, 0.717) is 0 Å². The molecule has 1 aromatic heterocycles. The predicted molar refractivity (Wildman–Crippen MR) is 93.8 cm³/mol. The predicted octanol–water partition coefficient (Wildman–Crippen LogP) is 3.88. The van der Waals surface area contributed by atoms with E-state index in [0.717, 1.165) is 0 Å². The Labute approximate surface area is 152 Å². The second-order valence-electron chi connectivity index (χ2n) is 5.33. The van der Waals surface area contributed by atoms with Crippen LogP contribution in [0.15, 0.2) is 54.7 Å². The lowest BCUT2D eigenvalue weighted by atomic mass is 10.1. The highest BCUT2D eigenvalue weighted by molar-refractivity contribution is 6.31. The van der Waals surface area contributed by atoms with Crippen LogP contribution in [-0.2, 0) is 6.54 Å². The van der Waals surface area contributed by atoms with Gasteiger partial charge in [0, 0.05) is 28.9 Å². The molecule has 0 saturated carbocycles. The number of aromatic nitrogens is 2. The molecular weight excluding hydrogens is 363 g/mol. The Kier molecular flexibility index (Phi) is 4.94. The smallest absolute Gasteiger partial charge is 0.282 e. The lowest BCUT2D eigenvalue weighted by Gasteiger charge is -2.06. The van der Waals surface area contributed by atoms with Crippen molar-refractivity contribution in [2.24, 2.45) is 0 Å². The third kappa shape index (κ3) is 3.70. The molecule has 0 saturated heterocycles. The molecule has 1 N–H and O–H groups in total. The fourth-order valence-corrected chi connectivity index (χ4v) is 2.59. The number of para-hydroxylation sites is 1. The first-order valence-corrected chi connectivity index (χ1v) is 7.84. The van der Waals surface area contributed by atoms with Gasteiger partial charge in [-0.05, 0) is 18.2 Å². The molecule has 0 radical (unpaired) electrons. The van der Waals surface area contributed by atoms with Crippen molar-refractivity contribution in [1.29, 1.82) is 0 Å². The molecule has 9 heteroatoms. The van der Waals surface area contributed by atoms with Crippen molar-refractivity contribution >= 4 is 29.0 Å². The van der Waals surface area contributed by atoms with Gasteiger partial charge in [-0.25, -0.2) is 4.39 Å². The van der Waals surface area contributed by atoms with E-state index in [1.54, 1.807) is 6.07 Å². The van der Waals surface area contributed by atoms with Gasteiger partial charge in [-0.2, -0.15) is 5.10 Å². The van der Waals surface area contributed by atoms with E-state index >= 15 is 0 Å². The number of nitro benzene ring substituents is 1. The Morgan fingerprint density at radius 2 is 2.00 bits per heavy atom. The maximum Gasteiger partial charge on any atom is 0.282 e. The van der Waals surface area contributed by atoms with Gasteiger partial charge in [0.25, 0.3) is 11.6 Å². The molecule has 1 amide bonds. The van der Waals surface area contributed by atoms with Gasteiger partial charge in [0.1, 0.15) is 11.4 Å². The van der Waals surface area contributed by atoms with E-state index < -0.39 is 16.6 Å². The van der Waals surface area contributed by atoms with Crippen molar-refractivity contribution < 1.29 is 14.1 Å². The zero-order chi connectivity index (χ0) is 18.7. The lowest BCUT2D eigenvalue weighted by molar-refractivity contribution is -0.385. The van der Waals surface area contributed by atoms with E-state index in [-0.39, 0.29) is 34.2 Å². The van der Waals surface area contributed by atoms with E-state index in [1.165, 1.54) is 53.3 Å². The number of nitro groups is 1. The van der Waals surface area contributed by atoms with Crippen LogP contribution in [0.2, 0.25) is 5.02 Å². The fraction of sp³-hybridized carbons (Fsp3) is 0.0588. The maximum absolute atomic E-state index is 13.8. The number of carbonyl (C=O) groups is 1. The van der Waals surface area contributed by atoms with Crippen LogP contribution in [0, 0.1) is 15.9 Å². The van der Waals surface area contributed by atoms with E-state index in [9.17, 15) is 19.3 Å². The number of benzene rings is 2. The maximum atomic E-state index is 13.8. The van der Waals surface area contributed by atoms with Crippen LogP contribution in [-0.4, -0.2) is 20.6 Å². The van der Waals surface area contributed by atoms with E-state index in [2.05, 4.69) is 10.4 Å². The second kappa shape index (κ2) is 7.32. The normalized spacial score (nSPS) is 10.5. The number of carbonyl (C=O) groups excluding carboxylic acids is 1. The molecule has 132 valence electrons. The summed E-state index contributed by atoms with van der Waals surface area (Å²) >= 11 is 5.98. The Morgan fingerprint density at radius 1 is 1.23 bits per heavy atom. The fourth-order valence-electron chi connectivity index (χ4n) is 2.37. The Hall–Kier alpha value is -3.26. The monoisotopic (exact) mass is 374 g/mol. The van der Waals surface area contributed by atoms with Crippen molar-refractivity contribution in [1.82, 2.24) is 9.78 Å². The standard InChI is InChI=1S/C17H12ClFN4O3/c18-13-5-3-6-14(19)12(13)10-22-9-8-16(21-22)20-17(24)11-4-1-2-7-15(11)23(25)26/h1-9H,10H2,(H,20,21,24). The summed E-state index contributed by atoms with van der Waals surface area (Å²) in [6.07, 6.45) is 1.54. The SMILES string of the molecule is O=C(Nc1ccn(Cc2c(F)cccc2Cl)n1)c1ccccc1[N+](=O)[O-]. The van der Waals surface area contributed by atoms with Gasteiger partial charge in [-0.3, -0.25) is 19.6 Å². The summed E-state index contributed by atoms with van der Waals surface area (Å²) < 4.78 is 15.2. The van der Waals surface area contributed by atoms with Crippen LogP contribution >= 0.6 is 11.6 Å². The summed E-state index contributed by atoms with van der Waals surface area (Å²) in [6, 6.07) is 11.5. The number of halogens is 2. The van der Waals surface area contributed by atoms with Crippen LogP contribution in [0.5, 0.6) is 0 Å². The number of nitrogens with zero attached hydrogens (tertiary/aromatic N) is 3. The van der Waals surface area contributed by atoms with Gasteiger partial charge in [0.2, 0.25) is 0 Å². The number of rotatable bonds is 5. The molecule has 0 aliphatic carbocycles. The van der Waals surface area contributed by atoms with E-state index in [1.807, 2.05) is 0 Å². The molecule has 0 atom stereocenters. The summed E-state index contributed by atoms with van der Waals surface area (Å²) in [6.45, 7) is 0.0763. The van der Waals surface area contributed by atoms with Crippen molar-refractivity contribution in [3.63, 3.8) is 0 Å². The van der Waals surface area contributed by atoms with Crippen LogP contribution in [0.4, 0.5) is 15.9 Å². The largest absolute Gasteiger partial charge is 0.305 e. The topological polar surface area (TPSA) is 90.1 Å². The van der Waals surface area contributed by atoms with Gasteiger partial charge in [-0.1, -0.05) is 29.8 Å². The third-order valence-electron chi connectivity index (χ3n) is 3.61. The summed E-state index contributed by atoms with van der Waals surface area (Å²) in [5.41, 5.74) is -0.111. The van der Waals surface area contributed by atoms with Gasteiger partial charge in [0.15, 0.2) is 5.82 Å². The molecule has 0 unspecified atom stereocenters. The average molecular weight is 375 g/mol. The number of hydrogen-bond acceptors (Lipinski definition) is 4. The highest BCUT2D eigenvalue weighted by Gasteiger charge is 2.20. The minimum absolute atomic E-state index is 0.0763. The summed E-state index contributed by atoms with van der Waals surface area (Å²) in [5, 5.41) is 17.9. The Morgan fingerprint density at radius 3 is 2.73 bits per heavy atom. The first kappa shape index (κ1) is 17.6. The minimum Gasteiger partial charge on any atom is -0.305 e. The zero-order valence-corrected chi connectivity index (χ0v) is 14.0. The quantitative estimate of drug-likeness (QED) is 0.542. The van der Waals surface area contributed by atoms with Gasteiger partial charge < -0.3 is 5.32 Å². The molecule has 0 aliphatic heterocycles. The zero-order valence-electron chi connectivity index (χ0n) is 13.2. The van der Waals surface area contributed by atoms with Gasteiger partial charge in [-0.15, -0.1) is 0 Å². The average Bonchev–Trinajstić information content (AvgIpc) is 3.05. The van der Waals surface area contributed by atoms with Crippen LogP contribution in [0.25, 0.3) is 0 Å². The van der Waals surface area contributed by atoms with Crippen molar-refractivity contribution in [3.05, 3.63) is 86.8 Å². The molecular formula is C17H12ClFN4O3. The molecule has 7 nitrogen and oxygen atoms in total. The highest BCUT2D eigenvalue weighted by atomic mass is 35.5. The molecule has 1 heterocycles. The van der Waals surface area contributed by atoms with Crippen LogP contribution in [0.3, 0.4) is 0 Å². The van der Waals surface area contributed by atoms with Crippen molar-refractivity contribution in [2.45, 2.75) is 6.54 Å². The molecule has 2 aromatic carbocycles. The van der Waals surface area contributed by atoms with Crippen molar-refractivity contribution in [2.75, 3.05) is 5.32 Å². The Balaban J connectivity index is 1.77. The summed E-state index contributed by atoms with van der Waals surface area (Å²) in [4.78, 5) is 22.6. The van der Waals surface area contributed by atoms with Crippen molar-refractivity contribution in [3.8, 4) is 0 Å². The number of hydrogen-bond donors (Lipinski definition) is 1.